The second-order valence-corrected chi connectivity index (χ2v) is 9.94. The van der Waals surface area contributed by atoms with Crippen molar-refractivity contribution in [2.45, 2.75) is 38.6 Å². The molecular weight excluding hydrogens is 426 g/mol. The largest absolute Gasteiger partial charge is 0.497 e. The number of carbonyl (C=O) groups is 1. The molecule has 1 aliphatic heterocycles. The first kappa shape index (κ1) is 24.1. The Kier molecular flexibility index (Phi) is 8.53. The molecule has 1 saturated heterocycles. The zero-order valence-electron chi connectivity index (χ0n) is 18.8. The Balaban J connectivity index is 1.71. The Morgan fingerprint density at radius 2 is 1.81 bits per heavy atom. The van der Waals surface area contributed by atoms with Gasteiger partial charge in [0.1, 0.15) is 5.75 Å². The summed E-state index contributed by atoms with van der Waals surface area (Å²) < 4.78 is 31.9. The van der Waals surface area contributed by atoms with Gasteiger partial charge in [-0.25, -0.2) is 8.42 Å². The number of amides is 1. The van der Waals surface area contributed by atoms with Gasteiger partial charge in [-0.2, -0.15) is 0 Å². The molecule has 7 nitrogen and oxygen atoms in total. The van der Waals surface area contributed by atoms with Gasteiger partial charge in [0.05, 0.1) is 18.9 Å². The highest BCUT2D eigenvalue weighted by molar-refractivity contribution is 7.92. The van der Waals surface area contributed by atoms with Gasteiger partial charge in [-0.15, -0.1) is 0 Å². The minimum Gasteiger partial charge on any atom is -0.497 e. The molecule has 0 radical (unpaired) electrons. The first-order valence-electron chi connectivity index (χ1n) is 11.2. The van der Waals surface area contributed by atoms with E-state index in [-0.39, 0.29) is 17.7 Å². The Bertz CT molecular complexity index is 987. The maximum Gasteiger partial charge on any atom is 0.251 e. The van der Waals surface area contributed by atoms with Crippen LogP contribution in [0, 0.1) is 0 Å². The number of nitrogens with one attached hydrogen (secondary N) is 2. The third kappa shape index (κ3) is 6.71. The van der Waals surface area contributed by atoms with Crippen LogP contribution in [0.15, 0.2) is 48.5 Å². The number of methoxy groups -OCH3 is 1. The molecule has 1 heterocycles. The fourth-order valence-corrected chi connectivity index (χ4v) is 5.15. The lowest BCUT2D eigenvalue weighted by atomic mass is 10.0. The van der Waals surface area contributed by atoms with Gasteiger partial charge >= 0.3 is 0 Å². The molecule has 2 aromatic rings. The summed E-state index contributed by atoms with van der Waals surface area (Å²) in [4.78, 5) is 15.3. The quantitative estimate of drug-likeness (QED) is 0.564. The van der Waals surface area contributed by atoms with Crippen LogP contribution in [-0.4, -0.2) is 51.7 Å². The van der Waals surface area contributed by atoms with Crippen molar-refractivity contribution in [2.24, 2.45) is 0 Å². The van der Waals surface area contributed by atoms with Gasteiger partial charge in [0.15, 0.2) is 0 Å². The number of carbonyl (C=O) groups excluding carboxylic acids is 1. The van der Waals surface area contributed by atoms with E-state index in [4.69, 9.17) is 4.74 Å². The molecule has 1 fully saturated rings. The highest BCUT2D eigenvalue weighted by atomic mass is 32.2. The van der Waals surface area contributed by atoms with Crippen LogP contribution < -0.4 is 14.8 Å². The number of piperidine rings is 1. The molecule has 1 unspecified atom stereocenters. The molecule has 3 rings (SSSR count). The summed E-state index contributed by atoms with van der Waals surface area (Å²) in [6, 6.07) is 14.7. The fourth-order valence-electron chi connectivity index (χ4n) is 4.03. The molecule has 0 saturated carbocycles. The van der Waals surface area contributed by atoms with Crippen LogP contribution in [0.2, 0.25) is 0 Å². The van der Waals surface area contributed by atoms with E-state index >= 15 is 0 Å². The summed E-state index contributed by atoms with van der Waals surface area (Å²) in [7, 11) is -1.76. The number of sulfonamides is 1. The third-order valence-corrected chi connectivity index (χ3v) is 7.15. The van der Waals surface area contributed by atoms with Gasteiger partial charge in [-0.1, -0.05) is 31.5 Å². The Labute approximate surface area is 191 Å². The van der Waals surface area contributed by atoms with Crippen LogP contribution >= 0.6 is 0 Å². The number of nitrogens with zero attached hydrogens (tertiary/aromatic N) is 1. The number of likely N-dealkylation sites (tertiary alicyclic amines) is 1. The molecule has 1 aliphatic rings. The van der Waals surface area contributed by atoms with Crippen molar-refractivity contribution in [1.82, 2.24) is 10.2 Å². The average Bonchev–Trinajstić information content (AvgIpc) is 2.80. The lowest BCUT2D eigenvalue weighted by Gasteiger charge is -2.35. The van der Waals surface area contributed by atoms with Crippen LogP contribution in [0.4, 0.5) is 5.69 Å². The maximum absolute atomic E-state index is 12.9. The highest BCUT2D eigenvalue weighted by Gasteiger charge is 2.23. The normalized spacial score (nSPS) is 15.7. The van der Waals surface area contributed by atoms with Crippen molar-refractivity contribution < 1.29 is 17.9 Å². The summed E-state index contributed by atoms with van der Waals surface area (Å²) in [5.74, 6) is 0.623. The molecule has 1 atom stereocenters. The average molecular weight is 460 g/mol. The maximum atomic E-state index is 12.9. The van der Waals surface area contributed by atoms with Gasteiger partial charge in [-0.05, 0) is 68.2 Å². The predicted molar refractivity (Wildman–Crippen MR) is 128 cm³/mol. The predicted octanol–water partition coefficient (Wildman–Crippen LogP) is 3.80. The van der Waals surface area contributed by atoms with Crippen molar-refractivity contribution in [2.75, 3.05) is 37.2 Å². The number of ether oxygens (including phenoxy) is 1. The van der Waals surface area contributed by atoms with Crippen molar-refractivity contribution >= 4 is 21.6 Å². The van der Waals surface area contributed by atoms with Crippen LogP contribution in [-0.2, 0) is 10.0 Å². The lowest BCUT2D eigenvalue weighted by molar-refractivity contribution is 0.0924. The van der Waals surface area contributed by atoms with Crippen molar-refractivity contribution in [3.63, 3.8) is 0 Å². The van der Waals surface area contributed by atoms with Gasteiger partial charge in [0, 0.05) is 17.8 Å². The molecular formula is C24H33N3O4S. The first-order valence-corrected chi connectivity index (χ1v) is 12.8. The summed E-state index contributed by atoms with van der Waals surface area (Å²) >= 11 is 0. The number of rotatable bonds is 10. The van der Waals surface area contributed by atoms with E-state index in [1.807, 2.05) is 31.2 Å². The number of hydrogen-bond acceptors (Lipinski definition) is 5. The van der Waals surface area contributed by atoms with Crippen molar-refractivity contribution in [3.05, 3.63) is 59.7 Å². The second-order valence-electron chi connectivity index (χ2n) is 8.10. The van der Waals surface area contributed by atoms with Gasteiger partial charge in [0.25, 0.3) is 5.91 Å². The summed E-state index contributed by atoms with van der Waals surface area (Å²) in [6.07, 6.45) is 4.07. The molecule has 1 amide bonds. The van der Waals surface area contributed by atoms with Crippen LogP contribution in [0.1, 0.15) is 54.6 Å². The molecule has 174 valence electrons. The molecule has 32 heavy (non-hydrogen) atoms. The van der Waals surface area contributed by atoms with Crippen molar-refractivity contribution in [3.8, 4) is 5.75 Å². The van der Waals surface area contributed by atoms with E-state index in [2.05, 4.69) is 14.9 Å². The van der Waals surface area contributed by atoms with E-state index in [1.165, 1.54) is 6.42 Å². The topological polar surface area (TPSA) is 87.7 Å². The summed E-state index contributed by atoms with van der Waals surface area (Å²) in [5.41, 5.74) is 1.96. The van der Waals surface area contributed by atoms with E-state index in [0.29, 0.717) is 24.2 Å². The molecule has 2 N–H and O–H groups in total. The standard InChI is InChI=1S/C24H33N3O4S/c1-3-16-32(29,30)26-21-9-7-8-20(17-21)24(28)25-18-23(27-14-5-4-6-15-27)19-10-12-22(31-2)13-11-19/h7-13,17,23,26H,3-6,14-16,18H2,1-2H3,(H,25,28). The molecule has 0 bridgehead atoms. The number of hydrogen-bond donors (Lipinski definition) is 2. The van der Waals surface area contributed by atoms with Gasteiger partial charge in [0.2, 0.25) is 10.0 Å². The van der Waals surface area contributed by atoms with Crippen LogP contribution in [0.25, 0.3) is 0 Å². The van der Waals surface area contributed by atoms with Crippen molar-refractivity contribution in [1.29, 1.82) is 0 Å². The summed E-state index contributed by atoms with van der Waals surface area (Å²) in [5, 5.41) is 3.05. The molecule has 0 aliphatic carbocycles. The number of anilines is 1. The molecule has 8 heteroatoms. The van der Waals surface area contributed by atoms with Gasteiger partial charge < -0.3 is 10.1 Å². The highest BCUT2D eigenvalue weighted by Crippen LogP contribution is 2.26. The van der Waals surface area contributed by atoms with Crippen LogP contribution in [0.5, 0.6) is 5.75 Å². The van der Waals surface area contributed by atoms with Gasteiger partial charge in [-0.3, -0.25) is 14.4 Å². The number of benzene rings is 2. The van der Waals surface area contributed by atoms with E-state index in [9.17, 15) is 13.2 Å². The Morgan fingerprint density at radius 3 is 2.47 bits per heavy atom. The zero-order chi connectivity index (χ0) is 23.0. The van der Waals surface area contributed by atoms with E-state index in [0.717, 1.165) is 37.2 Å². The smallest absolute Gasteiger partial charge is 0.251 e. The Morgan fingerprint density at radius 1 is 1.09 bits per heavy atom. The minimum atomic E-state index is -3.41. The van der Waals surface area contributed by atoms with Crippen LogP contribution in [0.3, 0.4) is 0 Å². The Hall–Kier alpha value is -2.58. The fraction of sp³-hybridized carbons (Fsp3) is 0.458. The molecule has 0 spiro atoms. The van der Waals surface area contributed by atoms with E-state index < -0.39 is 10.0 Å². The SMILES string of the molecule is CCCS(=O)(=O)Nc1cccc(C(=O)NCC(c2ccc(OC)cc2)N2CCCCC2)c1. The monoisotopic (exact) mass is 459 g/mol. The molecule has 2 aromatic carbocycles. The first-order chi connectivity index (χ1) is 15.4. The van der Waals surface area contributed by atoms with E-state index in [1.54, 1.807) is 31.4 Å². The second kappa shape index (κ2) is 11.3. The lowest BCUT2D eigenvalue weighted by Crippen LogP contribution is -2.40. The third-order valence-electron chi connectivity index (χ3n) is 5.66. The molecule has 0 aromatic heterocycles. The zero-order valence-corrected chi connectivity index (χ0v) is 19.7. The minimum absolute atomic E-state index is 0.0444. The summed E-state index contributed by atoms with van der Waals surface area (Å²) in [6.45, 7) is 4.28.